The third kappa shape index (κ3) is 5.01. The molecule has 1 atom stereocenters. The van der Waals surface area contributed by atoms with Gasteiger partial charge in [-0.3, -0.25) is 9.59 Å². The van der Waals surface area contributed by atoms with Crippen molar-refractivity contribution in [3.05, 3.63) is 28.2 Å². The zero-order valence-corrected chi connectivity index (χ0v) is 14.3. The Morgan fingerprint density at radius 1 is 1.22 bits per heavy atom. The Hall–Kier alpha value is -1.46. The minimum Gasteiger partial charge on any atom is -0.481 e. The van der Waals surface area contributed by atoms with Gasteiger partial charge in [-0.05, 0) is 50.8 Å². The summed E-state index contributed by atoms with van der Waals surface area (Å²) in [5.41, 5.74) is 0.647. The lowest BCUT2D eigenvalue weighted by Crippen LogP contribution is -2.45. The van der Waals surface area contributed by atoms with E-state index >= 15 is 0 Å². The van der Waals surface area contributed by atoms with Crippen LogP contribution in [-0.4, -0.2) is 29.1 Å². The molecule has 0 spiro atoms. The summed E-state index contributed by atoms with van der Waals surface area (Å²) >= 11 is 11.9. The number of hydrogen-bond acceptors (Lipinski definition) is 3. The largest absolute Gasteiger partial charge is 0.481 e. The first-order valence-corrected chi connectivity index (χ1v) is 8.37. The highest BCUT2D eigenvalue weighted by Crippen LogP contribution is 2.26. The second-order valence-electron chi connectivity index (χ2n) is 5.89. The molecule has 7 heteroatoms. The molecule has 0 bridgehead atoms. The van der Waals surface area contributed by atoms with E-state index in [1.165, 1.54) is 0 Å². The molecule has 5 nitrogen and oxygen atoms in total. The van der Waals surface area contributed by atoms with Crippen molar-refractivity contribution in [3.8, 4) is 0 Å². The van der Waals surface area contributed by atoms with Gasteiger partial charge < -0.3 is 15.7 Å². The molecule has 2 rings (SSSR count). The number of amides is 1. The summed E-state index contributed by atoms with van der Waals surface area (Å²) in [6, 6.07) is 4.62. The first-order chi connectivity index (χ1) is 10.9. The minimum atomic E-state index is -0.748. The second kappa shape index (κ2) is 7.88. The van der Waals surface area contributed by atoms with Crippen LogP contribution in [0.25, 0.3) is 0 Å². The Kier molecular flexibility index (Phi) is 6.13. The van der Waals surface area contributed by atoms with Crippen molar-refractivity contribution in [1.29, 1.82) is 0 Å². The highest BCUT2D eigenvalue weighted by atomic mass is 35.5. The molecule has 23 heavy (non-hydrogen) atoms. The highest BCUT2D eigenvalue weighted by molar-refractivity contribution is 6.36. The van der Waals surface area contributed by atoms with Crippen LogP contribution in [0.4, 0.5) is 5.69 Å². The van der Waals surface area contributed by atoms with Crippen LogP contribution in [0.3, 0.4) is 0 Å². The van der Waals surface area contributed by atoms with E-state index in [0.717, 1.165) is 0 Å². The van der Waals surface area contributed by atoms with Gasteiger partial charge >= 0.3 is 5.97 Å². The number of carboxylic acid groups (broad SMARTS) is 1. The second-order valence-corrected chi connectivity index (χ2v) is 6.73. The average Bonchev–Trinajstić information content (AvgIpc) is 2.50. The summed E-state index contributed by atoms with van der Waals surface area (Å²) in [7, 11) is 0. The summed E-state index contributed by atoms with van der Waals surface area (Å²) in [6.45, 7) is 1.75. The predicted octanol–water partition coefficient (Wildman–Crippen LogP) is 3.55. The van der Waals surface area contributed by atoms with Crippen LogP contribution in [-0.2, 0) is 9.59 Å². The van der Waals surface area contributed by atoms with Crippen LogP contribution in [0.5, 0.6) is 0 Å². The Balaban J connectivity index is 1.85. The molecule has 126 valence electrons. The fraction of sp³-hybridized carbons (Fsp3) is 0.500. The van der Waals surface area contributed by atoms with E-state index in [-0.39, 0.29) is 17.9 Å². The number of anilines is 1. The van der Waals surface area contributed by atoms with E-state index in [1.54, 1.807) is 25.1 Å². The van der Waals surface area contributed by atoms with E-state index in [9.17, 15) is 9.59 Å². The first-order valence-electron chi connectivity index (χ1n) is 7.61. The number of carbonyl (C=O) groups excluding carboxylic acids is 1. The molecule has 0 heterocycles. The number of hydrogen-bond donors (Lipinski definition) is 3. The number of nitrogens with one attached hydrogen (secondary N) is 2. The van der Waals surface area contributed by atoms with Crippen LogP contribution in [0.15, 0.2) is 18.2 Å². The maximum absolute atomic E-state index is 12.3. The Bertz CT molecular complexity index is 587. The summed E-state index contributed by atoms with van der Waals surface area (Å²) in [4.78, 5) is 23.2. The number of rotatable bonds is 5. The molecule has 0 saturated heterocycles. The SMILES string of the molecule is CC(Nc1ccc(Cl)cc1Cl)C(=O)NC1CCC(C(=O)O)CC1. The van der Waals surface area contributed by atoms with E-state index in [4.69, 9.17) is 28.3 Å². The van der Waals surface area contributed by atoms with Crippen molar-refractivity contribution in [3.63, 3.8) is 0 Å². The minimum absolute atomic E-state index is 0.0306. The van der Waals surface area contributed by atoms with Crippen LogP contribution in [0.2, 0.25) is 10.0 Å². The molecule has 1 aromatic rings. The number of aliphatic carboxylic acids is 1. The van der Waals surface area contributed by atoms with Crippen molar-refractivity contribution in [2.24, 2.45) is 5.92 Å². The van der Waals surface area contributed by atoms with Gasteiger partial charge in [0.15, 0.2) is 0 Å². The fourth-order valence-corrected chi connectivity index (χ4v) is 3.18. The highest BCUT2D eigenvalue weighted by Gasteiger charge is 2.27. The molecule has 1 aliphatic rings. The molecule has 3 N–H and O–H groups in total. The predicted molar refractivity (Wildman–Crippen MR) is 91.1 cm³/mol. The molecule has 1 saturated carbocycles. The van der Waals surface area contributed by atoms with Gasteiger partial charge in [-0.15, -0.1) is 0 Å². The van der Waals surface area contributed by atoms with Gasteiger partial charge in [-0.1, -0.05) is 23.2 Å². The van der Waals surface area contributed by atoms with Gasteiger partial charge in [-0.2, -0.15) is 0 Å². The standard InChI is InChI=1S/C16H20Cl2N2O3/c1-9(19-14-7-4-11(17)8-13(14)18)15(21)20-12-5-2-10(3-6-12)16(22)23/h4,7-10,12,19H,2-3,5-6H2,1H3,(H,20,21)(H,22,23). The molecule has 0 radical (unpaired) electrons. The van der Waals surface area contributed by atoms with Crippen molar-refractivity contribution < 1.29 is 14.7 Å². The molecule has 1 aromatic carbocycles. The summed E-state index contributed by atoms with van der Waals surface area (Å²) in [5, 5.41) is 16.0. The summed E-state index contributed by atoms with van der Waals surface area (Å²) in [6.07, 6.45) is 2.59. The van der Waals surface area contributed by atoms with Gasteiger partial charge in [0.1, 0.15) is 6.04 Å². The molecule has 1 unspecified atom stereocenters. The molecule has 1 amide bonds. The lowest BCUT2D eigenvalue weighted by molar-refractivity contribution is -0.142. The fourth-order valence-electron chi connectivity index (χ4n) is 2.72. The zero-order chi connectivity index (χ0) is 17.0. The number of benzene rings is 1. The maximum Gasteiger partial charge on any atom is 0.306 e. The van der Waals surface area contributed by atoms with Crippen LogP contribution in [0, 0.1) is 5.92 Å². The van der Waals surface area contributed by atoms with Crippen LogP contribution in [0.1, 0.15) is 32.6 Å². The maximum atomic E-state index is 12.3. The lowest BCUT2D eigenvalue weighted by atomic mass is 9.86. The molecule has 0 aromatic heterocycles. The van der Waals surface area contributed by atoms with E-state index in [2.05, 4.69) is 10.6 Å². The van der Waals surface area contributed by atoms with E-state index in [0.29, 0.717) is 41.4 Å². The Morgan fingerprint density at radius 2 is 1.87 bits per heavy atom. The normalized spacial score (nSPS) is 22.2. The third-order valence-corrected chi connectivity index (χ3v) is 4.67. The lowest BCUT2D eigenvalue weighted by Gasteiger charge is -2.28. The number of carbonyl (C=O) groups is 2. The number of carboxylic acids is 1. The van der Waals surface area contributed by atoms with Gasteiger partial charge in [0.05, 0.1) is 16.6 Å². The Labute approximate surface area is 145 Å². The van der Waals surface area contributed by atoms with E-state index < -0.39 is 12.0 Å². The molecular weight excluding hydrogens is 339 g/mol. The number of halogens is 2. The monoisotopic (exact) mass is 358 g/mol. The van der Waals surface area contributed by atoms with Gasteiger partial charge in [0.25, 0.3) is 0 Å². The Morgan fingerprint density at radius 3 is 2.43 bits per heavy atom. The topological polar surface area (TPSA) is 78.4 Å². The van der Waals surface area contributed by atoms with Crippen LogP contribution < -0.4 is 10.6 Å². The van der Waals surface area contributed by atoms with Crippen LogP contribution >= 0.6 is 23.2 Å². The van der Waals surface area contributed by atoms with Crippen molar-refractivity contribution in [1.82, 2.24) is 5.32 Å². The smallest absolute Gasteiger partial charge is 0.306 e. The quantitative estimate of drug-likeness (QED) is 0.751. The summed E-state index contributed by atoms with van der Waals surface area (Å²) in [5.74, 6) is -1.16. The molecular formula is C16H20Cl2N2O3. The van der Waals surface area contributed by atoms with E-state index in [1.807, 2.05) is 0 Å². The zero-order valence-electron chi connectivity index (χ0n) is 12.8. The third-order valence-electron chi connectivity index (χ3n) is 4.12. The van der Waals surface area contributed by atoms with Crippen molar-refractivity contribution in [2.75, 3.05) is 5.32 Å². The average molecular weight is 359 g/mol. The van der Waals surface area contributed by atoms with Crippen molar-refractivity contribution in [2.45, 2.75) is 44.7 Å². The van der Waals surface area contributed by atoms with Crippen molar-refractivity contribution >= 4 is 40.8 Å². The summed E-state index contributed by atoms with van der Waals surface area (Å²) < 4.78 is 0. The van der Waals surface area contributed by atoms with Gasteiger partial charge in [0, 0.05) is 11.1 Å². The van der Waals surface area contributed by atoms with Gasteiger partial charge in [-0.25, -0.2) is 0 Å². The molecule has 1 fully saturated rings. The molecule has 1 aliphatic carbocycles. The molecule has 0 aliphatic heterocycles. The van der Waals surface area contributed by atoms with Gasteiger partial charge in [0.2, 0.25) is 5.91 Å². The first kappa shape index (κ1) is 17.9.